The molecular weight excluding hydrogens is 382 g/mol. The van der Waals surface area contributed by atoms with E-state index in [1.54, 1.807) is 0 Å². The molecule has 1 aliphatic rings. The number of hydrogen-bond donors (Lipinski definition) is 0. The number of rotatable bonds is 7. The van der Waals surface area contributed by atoms with Crippen molar-refractivity contribution in [1.29, 1.82) is 0 Å². The summed E-state index contributed by atoms with van der Waals surface area (Å²) in [5, 5.41) is 0. The van der Waals surface area contributed by atoms with Gasteiger partial charge < -0.3 is 9.80 Å². The van der Waals surface area contributed by atoms with Crippen LogP contribution in [0.5, 0.6) is 0 Å². The Bertz CT molecular complexity index is 892. The smallest absolute Gasteiger partial charge is 0.206 e. The zero-order chi connectivity index (χ0) is 22.5. The number of piperazine rings is 1. The molecule has 4 nitrogen and oxygen atoms in total. The van der Waals surface area contributed by atoms with Gasteiger partial charge in [-0.3, -0.25) is 9.69 Å². The summed E-state index contributed by atoms with van der Waals surface area (Å²) in [6, 6.07) is 17.5. The Hall–Kier alpha value is -2.33. The highest BCUT2D eigenvalue weighted by molar-refractivity contribution is 5.52. The molecule has 0 N–H and O–H groups in total. The fourth-order valence-electron chi connectivity index (χ4n) is 4.58. The van der Waals surface area contributed by atoms with Gasteiger partial charge in [0.25, 0.3) is 0 Å². The van der Waals surface area contributed by atoms with Crippen LogP contribution >= 0.6 is 0 Å². The van der Waals surface area contributed by atoms with Crippen molar-refractivity contribution >= 4 is 11.4 Å². The molecule has 2 aromatic rings. The quantitative estimate of drug-likeness (QED) is 0.620. The Morgan fingerprint density at radius 2 is 1.45 bits per heavy atom. The monoisotopic (exact) mass is 421 g/mol. The summed E-state index contributed by atoms with van der Waals surface area (Å²) in [6.07, 6.45) is 0. The van der Waals surface area contributed by atoms with Gasteiger partial charge in [-0.05, 0) is 57.4 Å². The summed E-state index contributed by atoms with van der Waals surface area (Å²) >= 11 is 0. The molecule has 1 heterocycles. The molecule has 0 aromatic heterocycles. The van der Waals surface area contributed by atoms with Crippen molar-refractivity contribution in [2.24, 2.45) is 0 Å². The molecule has 31 heavy (non-hydrogen) atoms. The van der Waals surface area contributed by atoms with E-state index in [9.17, 15) is 4.79 Å². The first kappa shape index (κ1) is 23.3. The average molecular weight is 422 g/mol. The van der Waals surface area contributed by atoms with Crippen molar-refractivity contribution in [2.75, 3.05) is 36.0 Å². The van der Waals surface area contributed by atoms with E-state index >= 15 is 0 Å². The summed E-state index contributed by atoms with van der Waals surface area (Å²) in [5.74, 6) is 0.383. The minimum atomic E-state index is 0.180. The summed E-state index contributed by atoms with van der Waals surface area (Å²) in [7, 11) is 0. The van der Waals surface area contributed by atoms with Crippen LogP contribution in [0.2, 0.25) is 0 Å². The van der Waals surface area contributed by atoms with Crippen LogP contribution in [0.15, 0.2) is 53.3 Å². The number of hydrogen-bond acceptors (Lipinski definition) is 4. The van der Waals surface area contributed by atoms with Gasteiger partial charge in [0.15, 0.2) is 0 Å². The Kier molecular flexibility index (Phi) is 7.77. The molecule has 0 saturated carbocycles. The van der Waals surface area contributed by atoms with Crippen molar-refractivity contribution in [3.63, 3.8) is 0 Å². The van der Waals surface area contributed by atoms with E-state index < -0.39 is 0 Å². The summed E-state index contributed by atoms with van der Waals surface area (Å²) < 4.78 is 0. The van der Waals surface area contributed by atoms with Gasteiger partial charge in [-0.1, -0.05) is 44.2 Å². The first-order valence-electron chi connectivity index (χ1n) is 11.8. The zero-order valence-electron chi connectivity index (χ0n) is 20.1. The lowest BCUT2D eigenvalue weighted by Crippen LogP contribution is -2.46. The van der Waals surface area contributed by atoms with E-state index in [2.05, 4.69) is 105 Å². The normalized spacial score (nSPS) is 15.2. The molecular formula is C27H39N3O. The topological polar surface area (TPSA) is 26.8 Å². The van der Waals surface area contributed by atoms with E-state index in [4.69, 9.17) is 0 Å². The third-order valence-electron chi connectivity index (χ3n) is 6.25. The zero-order valence-corrected chi connectivity index (χ0v) is 20.1. The Morgan fingerprint density at radius 1 is 0.839 bits per heavy atom. The van der Waals surface area contributed by atoms with E-state index in [1.807, 2.05) is 0 Å². The van der Waals surface area contributed by atoms with Crippen LogP contribution in [0, 0.1) is 0 Å². The Labute approximate surface area is 188 Å². The van der Waals surface area contributed by atoms with Crippen LogP contribution < -0.4 is 15.2 Å². The van der Waals surface area contributed by atoms with Crippen molar-refractivity contribution < 1.29 is 0 Å². The highest BCUT2D eigenvalue weighted by atomic mass is 16.1. The fourth-order valence-corrected chi connectivity index (χ4v) is 4.58. The first-order valence-corrected chi connectivity index (χ1v) is 11.8. The number of anilines is 2. The molecule has 0 spiro atoms. The van der Waals surface area contributed by atoms with Gasteiger partial charge in [0.2, 0.25) is 5.43 Å². The molecule has 0 amide bonds. The Balaban J connectivity index is 1.85. The van der Waals surface area contributed by atoms with Crippen LogP contribution in [0.25, 0.3) is 0 Å². The standard InChI is InChI=1S/C27H39N3O/c1-20(2)23-12-13-24(27(31)26(18-23)30(21(3)4)22(5)6)19-28-14-16-29(17-15-28)25-10-8-7-9-11-25/h7-13,18,20-22H,14-17,19H2,1-6H3. The van der Waals surface area contributed by atoms with Crippen molar-refractivity contribution in [3.8, 4) is 0 Å². The van der Waals surface area contributed by atoms with Gasteiger partial charge in [0.05, 0.1) is 5.69 Å². The van der Waals surface area contributed by atoms with Gasteiger partial charge in [0, 0.05) is 56.1 Å². The second kappa shape index (κ2) is 10.3. The third kappa shape index (κ3) is 5.68. The molecule has 3 rings (SSSR count). The van der Waals surface area contributed by atoms with E-state index in [0.29, 0.717) is 12.5 Å². The average Bonchev–Trinajstić information content (AvgIpc) is 2.89. The van der Waals surface area contributed by atoms with Crippen LogP contribution in [-0.4, -0.2) is 43.2 Å². The molecule has 0 aliphatic carbocycles. The highest BCUT2D eigenvalue weighted by Crippen LogP contribution is 2.23. The molecule has 4 heteroatoms. The molecule has 2 aromatic carbocycles. The van der Waals surface area contributed by atoms with Crippen molar-refractivity contribution in [2.45, 2.75) is 66.1 Å². The van der Waals surface area contributed by atoms with E-state index in [0.717, 1.165) is 37.4 Å². The minimum absolute atomic E-state index is 0.180. The largest absolute Gasteiger partial charge is 0.369 e. The van der Waals surface area contributed by atoms with E-state index in [-0.39, 0.29) is 17.5 Å². The first-order chi connectivity index (χ1) is 14.8. The molecule has 0 radical (unpaired) electrons. The Morgan fingerprint density at radius 3 is 2.00 bits per heavy atom. The maximum absolute atomic E-state index is 13.7. The molecule has 0 unspecified atom stereocenters. The van der Waals surface area contributed by atoms with Gasteiger partial charge in [-0.2, -0.15) is 0 Å². The molecule has 1 aliphatic heterocycles. The van der Waals surface area contributed by atoms with E-state index in [1.165, 1.54) is 11.3 Å². The lowest BCUT2D eigenvalue weighted by Gasteiger charge is -2.36. The summed E-state index contributed by atoms with van der Waals surface area (Å²) in [5.41, 5.74) is 4.43. The molecule has 1 fully saturated rings. The SMILES string of the molecule is CC(C)c1ccc(CN2CCN(c3ccccc3)CC2)c(=O)c(N(C(C)C)C(C)C)c1. The number of para-hydroxylation sites is 1. The summed E-state index contributed by atoms with van der Waals surface area (Å²) in [4.78, 5) is 20.8. The molecule has 1 saturated heterocycles. The predicted molar refractivity (Wildman–Crippen MR) is 133 cm³/mol. The predicted octanol–water partition coefficient (Wildman–Crippen LogP) is 5.12. The molecule has 0 bridgehead atoms. The van der Waals surface area contributed by atoms with Crippen LogP contribution in [-0.2, 0) is 6.54 Å². The van der Waals surface area contributed by atoms with Crippen molar-refractivity contribution in [1.82, 2.24) is 4.90 Å². The summed E-state index contributed by atoms with van der Waals surface area (Å²) in [6.45, 7) is 17.7. The lowest BCUT2D eigenvalue weighted by atomic mass is 10.0. The van der Waals surface area contributed by atoms with Crippen LogP contribution in [0.1, 0.15) is 58.6 Å². The van der Waals surface area contributed by atoms with Gasteiger partial charge >= 0.3 is 0 Å². The van der Waals surface area contributed by atoms with Gasteiger partial charge in [0.1, 0.15) is 0 Å². The second-order valence-electron chi connectivity index (χ2n) is 9.57. The maximum Gasteiger partial charge on any atom is 0.206 e. The van der Waals surface area contributed by atoms with Crippen molar-refractivity contribution in [3.05, 3.63) is 69.9 Å². The van der Waals surface area contributed by atoms with Gasteiger partial charge in [-0.25, -0.2) is 0 Å². The maximum atomic E-state index is 13.7. The number of benzene rings is 1. The third-order valence-corrected chi connectivity index (χ3v) is 6.25. The minimum Gasteiger partial charge on any atom is -0.369 e. The van der Waals surface area contributed by atoms with Crippen LogP contribution in [0.4, 0.5) is 11.4 Å². The van der Waals surface area contributed by atoms with Gasteiger partial charge in [-0.15, -0.1) is 0 Å². The molecule has 168 valence electrons. The van der Waals surface area contributed by atoms with Crippen LogP contribution in [0.3, 0.4) is 0 Å². The molecule has 0 atom stereocenters. The number of nitrogens with zero attached hydrogens (tertiary/aromatic N) is 3. The fraction of sp³-hybridized carbons (Fsp3) is 0.519. The lowest BCUT2D eigenvalue weighted by molar-refractivity contribution is 0.249. The highest BCUT2D eigenvalue weighted by Gasteiger charge is 2.22. The second-order valence-corrected chi connectivity index (χ2v) is 9.57.